The van der Waals surface area contributed by atoms with Gasteiger partial charge in [-0.15, -0.1) is 0 Å². The summed E-state index contributed by atoms with van der Waals surface area (Å²) in [6.07, 6.45) is 9.04. The van der Waals surface area contributed by atoms with E-state index in [9.17, 15) is 9.59 Å². The molecule has 0 bridgehead atoms. The third-order valence-corrected chi connectivity index (χ3v) is 7.17. The molecule has 4 aliphatic rings. The summed E-state index contributed by atoms with van der Waals surface area (Å²) in [6, 6.07) is 0. The first-order chi connectivity index (χ1) is 15.2. The summed E-state index contributed by atoms with van der Waals surface area (Å²) in [5, 5.41) is 13.3. The van der Waals surface area contributed by atoms with Crippen LogP contribution >= 0.6 is 0 Å². The standard InChI is InChI=1S/C21H39N7O3/c29-17(6-3-7-18-25-19(28-31-18)14-8-10-22-11-9-14)23-12-13-24-20-15-4-1-2-5-16(15)21(30)27-26-20/h14-16,18-20,22,24-26,28H,1-13H2,(H,23,29)(H,27,30). The Balaban J connectivity index is 1.05. The zero-order valence-electron chi connectivity index (χ0n) is 18.4. The Morgan fingerprint density at radius 2 is 1.94 bits per heavy atom. The lowest BCUT2D eigenvalue weighted by Crippen LogP contribution is -2.64. The first kappa shape index (κ1) is 22.9. The Hall–Kier alpha value is -1.30. The number of carbonyl (C=O) groups is 2. The Morgan fingerprint density at radius 1 is 1.10 bits per heavy atom. The van der Waals surface area contributed by atoms with Crippen molar-refractivity contribution >= 4 is 11.8 Å². The predicted octanol–water partition coefficient (Wildman–Crippen LogP) is -0.594. The SMILES string of the molecule is O=C(CCCC1NC(C2CCNCC2)NO1)NCCNC1NNC(=O)C2CCCCC12. The number of carbonyl (C=O) groups excluding carboxylic acids is 2. The molecule has 0 aromatic rings. The van der Waals surface area contributed by atoms with Crippen LogP contribution in [0.25, 0.3) is 0 Å². The first-order valence-corrected chi connectivity index (χ1v) is 12.1. The van der Waals surface area contributed by atoms with E-state index in [1.165, 1.54) is 6.42 Å². The van der Waals surface area contributed by atoms with E-state index >= 15 is 0 Å². The number of nitrogens with one attached hydrogen (secondary N) is 7. The Kier molecular flexibility index (Phi) is 8.51. The quantitative estimate of drug-likeness (QED) is 0.239. The summed E-state index contributed by atoms with van der Waals surface area (Å²) in [4.78, 5) is 29.8. The van der Waals surface area contributed by atoms with Gasteiger partial charge in [-0.05, 0) is 57.5 Å². The van der Waals surface area contributed by atoms with Gasteiger partial charge < -0.3 is 10.6 Å². The number of hydroxylamine groups is 1. The highest BCUT2D eigenvalue weighted by molar-refractivity contribution is 5.79. The van der Waals surface area contributed by atoms with Crippen LogP contribution in [0.15, 0.2) is 0 Å². The number of hydrogen-bond acceptors (Lipinski definition) is 8. The van der Waals surface area contributed by atoms with Crippen LogP contribution in [0.1, 0.15) is 57.8 Å². The van der Waals surface area contributed by atoms with E-state index in [0.29, 0.717) is 31.3 Å². The van der Waals surface area contributed by atoms with Crippen molar-refractivity contribution in [2.75, 3.05) is 26.2 Å². The van der Waals surface area contributed by atoms with Gasteiger partial charge in [0.2, 0.25) is 11.8 Å². The molecule has 10 heteroatoms. The van der Waals surface area contributed by atoms with E-state index in [4.69, 9.17) is 4.84 Å². The number of amides is 2. The van der Waals surface area contributed by atoms with Crippen molar-refractivity contribution in [3.63, 3.8) is 0 Å². The molecule has 4 rings (SSSR count). The summed E-state index contributed by atoms with van der Waals surface area (Å²) >= 11 is 0. The first-order valence-electron chi connectivity index (χ1n) is 12.1. The van der Waals surface area contributed by atoms with Crippen LogP contribution in [0, 0.1) is 17.8 Å². The third kappa shape index (κ3) is 6.36. The van der Waals surface area contributed by atoms with Gasteiger partial charge in [0.05, 0.1) is 12.3 Å². The number of fused-ring (bicyclic) bond motifs is 1. The van der Waals surface area contributed by atoms with E-state index in [1.807, 2.05) is 0 Å². The van der Waals surface area contributed by atoms with Crippen LogP contribution in [0.2, 0.25) is 0 Å². The second-order valence-electron chi connectivity index (χ2n) is 9.32. The highest BCUT2D eigenvalue weighted by atomic mass is 16.7. The Bertz CT molecular complexity index is 602. The summed E-state index contributed by atoms with van der Waals surface area (Å²) in [6.45, 7) is 3.39. The molecule has 4 fully saturated rings. The zero-order chi connectivity index (χ0) is 21.5. The fraction of sp³-hybridized carbons (Fsp3) is 0.905. The van der Waals surface area contributed by atoms with Crippen molar-refractivity contribution in [2.45, 2.75) is 76.3 Å². The molecule has 1 saturated carbocycles. The minimum Gasteiger partial charge on any atom is -0.355 e. The van der Waals surface area contributed by atoms with Crippen molar-refractivity contribution in [1.29, 1.82) is 0 Å². The molecule has 0 aromatic carbocycles. The Labute approximate surface area is 184 Å². The van der Waals surface area contributed by atoms with Gasteiger partial charge in [0.1, 0.15) is 6.23 Å². The number of rotatable bonds is 9. The van der Waals surface area contributed by atoms with Crippen molar-refractivity contribution in [3.8, 4) is 0 Å². The summed E-state index contributed by atoms with van der Waals surface area (Å²) < 4.78 is 0. The highest BCUT2D eigenvalue weighted by Gasteiger charge is 2.39. The normalized spacial score (nSPS) is 34.2. The molecule has 1 aliphatic carbocycles. The maximum Gasteiger partial charge on any atom is 0.237 e. The van der Waals surface area contributed by atoms with Crippen molar-refractivity contribution < 1.29 is 14.4 Å². The van der Waals surface area contributed by atoms with E-state index in [2.05, 4.69) is 37.6 Å². The molecular weight excluding hydrogens is 398 g/mol. The molecule has 10 nitrogen and oxygen atoms in total. The van der Waals surface area contributed by atoms with Gasteiger partial charge in [-0.2, -0.15) is 5.48 Å². The van der Waals surface area contributed by atoms with Gasteiger partial charge in [-0.1, -0.05) is 12.8 Å². The van der Waals surface area contributed by atoms with Crippen LogP contribution < -0.4 is 37.6 Å². The van der Waals surface area contributed by atoms with Gasteiger partial charge in [-0.25, -0.2) is 5.43 Å². The zero-order valence-corrected chi connectivity index (χ0v) is 18.4. The van der Waals surface area contributed by atoms with Gasteiger partial charge >= 0.3 is 0 Å². The van der Waals surface area contributed by atoms with Crippen molar-refractivity contribution in [2.24, 2.45) is 17.8 Å². The van der Waals surface area contributed by atoms with Crippen LogP contribution in [0.4, 0.5) is 0 Å². The summed E-state index contributed by atoms with van der Waals surface area (Å²) in [7, 11) is 0. The van der Waals surface area contributed by atoms with Crippen LogP contribution in [0.5, 0.6) is 0 Å². The average Bonchev–Trinajstić information content (AvgIpc) is 3.28. The molecule has 3 aliphatic heterocycles. The topological polar surface area (TPSA) is 128 Å². The number of hydrogen-bond donors (Lipinski definition) is 7. The predicted molar refractivity (Wildman–Crippen MR) is 116 cm³/mol. The van der Waals surface area contributed by atoms with Gasteiger partial charge in [0.25, 0.3) is 0 Å². The maximum absolute atomic E-state index is 12.2. The lowest BCUT2D eigenvalue weighted by molar-refractivity contribution is -0.134. The second-order valence-corrected chi connectivity index (χ2v) is 9.32. The lowest BCUT2D eigenvalue weighted by atomic mass is 9.76. The average molecular weight is 438 g/mol. The molecule has 0 aromatic heterocycles. The van der Waals surface area contributed by atoms with Crippen LogP contribution in [-0.4, -0.2) is 56.6 Å². The molecule has 2 amide bonds. The number of piperidine rings is 1. The van der Waals surface area contributed by atoms with E-state index in [-0.39, 0.29) is 36.3 Å². The minimum atomic E-state index is -0.0228. The molecule has 176 valence electrons. The minimum absolute atomic E-state index is 0.0228. The third-order valence-electron chi connectivity index (χ3n) is 7.17. The largest absolute Gasteiger partial charge is 0.355 e. The molecule has 3 saturated heterocycles. The van der Waals surface area contributed by atoms with Gasteiger partial charge in [0, 0.05) is 31.3 Å². The smallest absolute Gasteiger partial charge is 0.237 e. The van der Waals surface area contributed by atoms with Crippen LogP contribution in [-0.2, 0) is 14.4 Å². The molecule has 5 unspecified atom stereocenters. The van der Waals surface area contributed by atoms with Gasteiger partial charge in [-0.3, -0.25) is 30.5 Å². The summed E-state index contributed by atoms with van der Waals surface area (Å²) in [5.41, 5.74) is 9.02. The monoisotopic (exact) mass is 437 g/mol. The van der Waals surface area contributed by atoms with Crippen molar-refractivity contribution in [3.05, 3.63) is 0 Å². The summed E-state index contributed by atoms with van der Waals surface area (Å²) in [5.74, 6) is 1.23. The molecule has 0 spiro atoms. The number of hydrazine groups is 1. The lowest BCUT2D eigenvalue weighted by Gasteiger charge is -2.41. The van der Waals surface area contributed by atoms with E-state index < -0.39 is 0 Å². The Morgan fingerprint density at radius 3 is 2.81 bits per heavy atom. The van der Waals surface area contributed by atoms with Crippen LogP contribution in [0.3, 0.4) is 0 Å². The van der Waals surface area contributed by atoms with E-state index in [0.717, 1.165) is 58.0 Å². The van der Waals surface area contributed by atoms with E-state index in [1.54, 1.807) is 0 Å². The maximum atomic E-state index is 12.2. The molecule has 31 heavy (non-hydrogen) atoms. The molecule has 7 N–H and O–H groups in total. The van der Waals surface area contributed by atoms with Gasteiger partial charge in [0.15, 0.2) is 0 Å². The molecule has 5 atom stereocenters. The molecular formula is C21H39N7O3. The molecule has 3 heterocycles. The second kappa shape index (κ2) is 11.5. The fourth-order valence-corrected chi connectivity index (χ4v) is 5.38. The highest BCUT2D eigenvalue weighted by Crippen LogP contribution is 2.33. The molecule has 0 radical (unpaired) electrons. The van der Waals surface area contributed by atoms with Crippen molar-refractivity contribution in [1.82, 2.24) is 37.6 Å². The fourth-order valence-electron chi connectivity index (χ4n) is 5.38.